The maximum absolute atomic E-state index is 5.49. The van der Waals surface area contributed by atoms with Gasteiger partial charge in [0.1, 0.15) is 0 Å². The largest absolute Gasteiger partial charge is 0.380 e. The highest BCUT2D eigenvalue weighted by Crippen LogP contribution is 2.30. The maximum Gasteiger partial charge on any atom is 0.0715 e. The second kappa shape index (κ2) is 10.5. The van der Waals surface area contributed by atoms with Crippen LogP contribution in [0.3, 0.4) is 0 Å². The molecule has 0 saturated carbocycles. The maximum atomic E-state index is 5.49. The molecule has 0 bridgehead atoms. The van der Waals surface area contributed by atoms with E-state index in [4.69, 9.17) is 4.74 Å². The minimum atomic E-state index is 0.535. The van der Waals surface area contributed by atoms with E-state index in [0.717, 1.165) is 19.4 Å². The van der Waals surface area contributed by atoms with Crippen molar-refractivity contribution in [3.63, 3.8) is 0 Å². The molecule has 0 aliphatic carbocycles. The van der Waals surface area contributed by atoms with Gasteiger partial charge in [-0.05, 0) is 81.4 Å². The van der Waals surface area contributed by atoms with Crippen LogP contribution in [0, 0.1) is 6.92 Å². The molecule has 0 spiro atoms. The molecular formula is C24H35NO. The third-order valence-electron chi connectivity index (χ3n) is 5.11. The zero-order chi connectivity index (χ0) is 18.9. The third kappa shape index (κ3) is 6.26. The van der Waals surface area contributed by atoms with E-state index in [-0.39, 0.29) is 0 Å². The lowest BCUT2D eigenvalue weighted by molar-refractivity contribution is 0.183. The van der Waals surface area contributed by atoms with E-state index in [0.29, 0.717) is 12.5 Å². The predicted octanol–water partition coefficient (Wildman–Crippen LogP) is 5.37. The number of nitrogens with zero attached hydrogens (tertiary/aromatic N) is 1. The lowest BCUT2D eigenvalue weighted by atomic mass is 9.85. The van der Waals surface area contributed by atoms with Crippen molar-refractivity contribution in [2.45, 2.75) is 52.1 Å². The SMILES string of the molecule is CCc1ccc(CC(CCCN(C)C)c2ccc(C)cc2COC)cc1. The molecule has 2 aromatic rings. The average molecular weight is 354 g/mol. The van der Waals surface area contributed by atoms with Crippen LogP contribution < -0.4 is 0 Å². The second-order valence-corrected chi connectivity index (χ2v) is 7.65. The summed E-state index contributed by atoms with van der Waals surface area (Å²) in [4.78, 5) is 2.28. The molecule has 0 heterocycles. The summed E-state index contributed by atoms with van der Waals surface area (Å²) in [7, 11) is 6.10. The van der Waals surface area contributed by atoms with Crippen molar-refractivity contribution in [1.82, 2.24) is 4.90 Å². The molecule has 2 aromatic carbocycles. The van der Waals surface area contributed by atoms with Gasteiger partial charge in [-0.15, -0.1) is 0 Å². The molecule has 2 heteroatoms. The van der Waals surface area contributed by atoms with E-state index in [9.17, 15) is 0 Å². The molecule has 0 radical (unpaired) electrons. The fourth-order valence-corrected chi connectivity index (χ4v) is 3.63. The molecule has 0 aliphatic rings. The van der Waals surface area contributed by atoms with Crippen molar-refractivity contribution in [2.24, 2.45) is 0 Å². The highest BCUT2D eigenvalue weighted by Gasteiger charge is 2.16. The molecule has 26 heavy (non-hydrogen) atoms. The van der Waals surface area contributed by atoms with E-state index in [1.807, 2.05) is 0 Å². The number of hydrogen-bond acceptors (Lipinski definition) is 2. The molecule has 0 N–H and O–H groups in total. The van der Waals surface area contributed by atoms with Crippen molar-refractivity contribution in [3.05, 3.63) is 70.3 Å². The zero-order valence-corrected chi connectivity index (χ0v) is 17.2. The Bertz CT molecular complexity index is 660. The number of ether oxygens (including phenoxy) is 1. The van der Waals surface area contributed by atoms with Gasteiger partial charge in [0.05, 0.1) is 6.61 Å². The van der Waals surface area contributed by atoms with Crippen LogP contribution in [-0.2, 0) is 24.2 Å². The van der Waals surface area contributed by atoms with Gasteiger partial charge in [0.15, 0.2) is 0 Å². The van der Waals surface area contributed by atoms with Crippen molar-refractivity contribution in [2.75, 3.05) is 27.7 Å². The fraction of sp³-hybridized carbons (Fsp3) is 0.500. The smallest absolute Gasteiger partial charge is 0.0715 e. The van der Waals surface area contributed by atoms with Gasteiger partial charge >= 0.3 is 0 Å². The Balaban J connectivity index is 2.24. The number of aryl methyl sites for hydroxylation is 2. The quantitative estimate of drug-likeness (QED) is 0.569. The average Bonchev–Trinajstić information content (AvgIpc) is 2.62. The van der Waals surface area contributed by atoms with Crippen LogP contribution in [0.15, 0.2) is 42.5 Å². The van der Waals surface area contributed by atoms with Gasteiger partial charge in [-0.1, -0.05) is 55.0 Å². The first-order chi connectivity index (χ1) is 12.5. The van der Waals surface area contributed by atoms with E-state index in [1.165, 1.54) is 40.7 Å². The topological polar surface area (TPSA) is 12.5 Å². The fourth-order valence-electron chi connectivity index (χ4n) is 3.63. The van der Waals surface area contributed by atoms with Crippen molar-refractivity contribution < 1.29 is 4.74 Å². The number of hydrogen-bond donors (Lipinski definition) is 0. The van der Waals surface area contributed by atoms with Gasteiger partial charge in [-0.2, -0.15) is 0 Å². The predicted molar refractivity (Wildman–Crippen MR) is 112 cm³/mol. The van der Waals surface area contributed by atoms with Crippen LogP contribution in [0.1, 0.15) is 53.5 Å². The molecular weight excluding hydrogens is 318 g/mol. The Morgan fingerprint density at radius 3 is 2.31 bits per heavy atom. The molecule has 0 saturated heterocycles. The Labute approximate surface area is 160 Å². The van der Waals surface area contributed by atoms with Gasteiger partial charge in [0.2, 0.25) is 0 Å². The van der Waals surface area contributed by atoms with Gasteiger partial charge in [0.25, 0.3) is 0 Å². The summed E-state index contributed by atoms with van der Waals surface area (Å²) in [6.07, 6.45) is 4.61. The Morgan fingerprint density at radius 2 is 1.69 bits per heavy atom. The number of benzene rings is 2. The van der Waals surface area contributed by atoms with E-state index in [1.54, 1.807) is 7.11 Å². The second-order valence-electron chi connectivity index (χ2n) is 7.65. The molecule has 0 aromatic heterocycles. The van der Waals surface area contributed by atoms with Crippen LogP contribution in [0.4, 0.5) is 0 Å². The molecule has 2 rings (SSSR count). The van der Waals surface area contributed by atoms with Crippen LogP contribution in [0.25, 0.3) is 0 Å². The summed E-state index contributed by atoms with van der Waals surface area (Å²) in [6, 6.07) is 16.0. The minimum Gasteiger partial charge on any atom is -0.380 e. The molecule has 1 unspecified atom stereocenters. The van der Waals surface area contributed by atoms with Gasteiger partial charge in [0, 0.05) is 7.11 Å². The Hall–Kier alpha value is -1.64. The third-order valence-corrected chi connectivity index (χ3v) is 5.11. The van der Waals surface area contributed by atoms with E-state index in [2.05, 4.69) is 75.3 Å². The first kappa shape index (κ1) is 20.7. The zero-order valence-electron chi connectivity index (χ0n) is 17.2. The Morgan fingerprint density at radius 1 is 1.00 bits per heavy atom. The minimum absolute atomic E-state index is 0.535. The highest BCUT2D eigenvalue weighted by atomic mass is 16.5. The molecule has 142 valence electrons. The first-order valence-electron chi connectivity index (χ1n) is 9.84. The van der Waals surface area contributed by atoms with Crippen LogP contribution in [0.5, 0.6) is 0 Å². The van der Waals surface area contributed by atoms with E-state index >= 15 is 0 Å². The summed E-state index contributed by atoms with van der Waals surface area (Å²) < 4.78 is 5.49. The standard InChI is InChI=1S/C24H35NO/c1-6-20-10-12-21(13-11-20)17-22(8-7-15-25(3)4)24-14-9-19(2)16-23(24)18-26-5/h9-14,16,22H,6-8,15,17-18H2,1-5H3. The van der Waals surface area contributed by atoms with Crippen LogP contribution in [-0.4, -0.2) is 32.6 Å². The van der Waals surface area contributed by atoms with Gasteiger partial charge < -0.3 is 9.64 Å². The highest BCUT2D eigenvalue weighted by molar-refractivity contribution is 5.35. The monoisotopic (exact) mass is 353 g/mol. The van der Waals surface area contributed by atoms with Gasteiger partial charge in [-0.3, -0.25) is 0 Å². The lowest BCUT2D eigenvalue weighted by Gasteiger charge is -2.22. The molecule has 1 atom stereocenters. The normalized spacial score (nSPS) is 12.5. The summed E-state index contributed by atoms with van der Waals surface area (Å²) in [5, 5.41) is 0. The van der Waals surface area contributed by atoms with Gasteiger partial charge in [-0.25, -0.2) is 0 Å². The number of rotatable bonds is 10. The lowest BCUT2D eigenvalue weighted by Crippen LogP contribution is -2.15. The van der Waals surface area contributed by atoms with Crippen molar-refractivity contribution >= 4 is 0 Å². The summed E-state index contributed by atoms with van der Waals surface area (Å²) in [5.41, 5.74) is 6.94. The summed E-state index contributed by atoms with van der Waals surface area (Å²) in [6.45, 7) is 6.20. The summed E-state index contributed by atoms with van der Waals surface area (Å²) in [5.74, 6) is 0.535. The van der Waals surface area contributed by atoms with E-state index < -0.39 is 0 Å². The first-order valence-corrected chi connectivity index (χ1v) is 9.84. The molecule has 0 aliphatic heterocycles. The molecule has 0 amide bonds. The van der Waals surface area contributed by atoms with Crippen molar-refractivity contribution in [1.29, 1.82) is 0 Å². The summed E-state index contributed by atoms with van der Waals surface area (Å²) >= 11 is 0. The van der Waals surface area contributed by atoms with Crippen LogP contribution in [0.2, 0.25) is 0 Å². The van der Waals surface area contributed by atoms with Crippen molar-refractivity contribution in [3.8, 4) is 0 Å². The number of methoxy groups -OCH3 is 1. The Kier molecular flexibility index (Phi) is 8.34. The molecule has 2 nitrogen and oxygen atoms in total. The van der Waals surface area contributed by atoms with Crippen LogP contribution >= 0.6 is 0 Å². The molecule has 0 fully saturated rings.